The zero-order valence-electron chi connectivity index (χ0n) is 13.5. The van der Waals surface area contributed by atoms with Crippen LogP contribution >= 0.6 is 0 Å². The Balaban J connectivity index is 1.70. The number of hydrogen-bond acceptors (Lipinski definition) is 4. The monoisotopic (exact) mass is 347 g/mol. The van der Waals surface area contributed by atoms with Crippen molar-refractivity contribution in [3.05, 3.63) is 54.1 Å². The van der Waals surface area contributed by atoms with Gasteiger partial charge in [0.1, 0.15) is 5.75 Å². The van der Waals surface area contributed by atoms with Crippen LogP contribution in [0.15, 0.2) is 48.5 Å². The van der Waals surface area contributed by atoms with Crippen LogP contribution in [0.4, 0.5) is 20.2 Å². The number of rotatable bonds is 6. The Hall–Kier alpha value is -2.67. The van der Waals surface area contributed by atoms with Gasteiger partial charge in [-0.25, -0.2) is 0 Å². The van der Waals surface area contributed by atoms with E-state index in [2.05, 4.69) is 20.7 Å². The molecule has 132 valence electrons. The lowest BCUT2D eigenvalue weighted by molar-refractivity contribution is -0.0498. The minimum absolute atomic E-state index is 0.0836. The zero-order valence-corrected chi connectivity index (χ0v) is 13.5. The third-order valence-corrected chi connectivity index (χ3v) is 3.93. The number of hydrogen-bond donors (Lipinski definition) is 3. The molecule has 1 amide bonds. The van der Waals surface area contributed by atoms with E-state index in [0.717, 1.165) is 19.5 Å². The van der Waals surface area contributed by atoms with Gasteiger partial charge in [0.05, 0.1) is 11.3 Å². The van der Waals surface area contributed by atoms with Crippen molar-refractivity contribution in [1.82, 2.24) is 10.6 Å². The number of amides is 1. The maximum Gasteiger partial charge on any atom is 0.387 e. The van der Waals surface area contributed by atoms with Crippen molar-refractivity contribution in [2.45, 2.75) is 19.1 Å². The number of halogens is 2. The molecule has 0 radical (unpaired) electrons. The molecule has 0 saturated carbocycles. The Morgan fingerprint density at radius 2 is 1.92 bits per heavy atom. The van der Waals surface area contributed by atoms with Crippen molar-refractivity contribution in [3.63, 3.8) is 0 Å². The van der Waals surface area contributed by atoms with Gasteiger partial charge in [-0.2, -0.15) is 8.78 Å². The molecule has 0 bridgehead atoms. The highest BCUT2D eigenvalue weighted by molar-refractivity contribution is 6.00. The summed E-state index contributed by atoms with van der Waals surface area (Å²) in [5.41, 5.74) is 1.85. The predicted octanol–water partition coefficient (Wildman–Crippen LogP) is 3.12. The first kappa shape index (κ1) is 17.2. The Labute approximate surface area is 144 Å². The zero-order chi connectivity index (χ0) is 17.6. The molecule has 1 atom stereocenters. The number of nitrogens with one attached hydrogen (secondary N) is 3. The fraction of sp³-hybridized carbons (Fsp3) is 0.278. The minimum atomic E-state index is -2.85. The summed E-state index contributed by atoms with van der Waals surface area (Å²) in [6.45, 7) is -1.18. The summed E-state index contributed by atoms with van der Waals surface area (Å²) in [4.78, 5) is 12.5. The van der Waals surface area contributed by atoms with Gasteiger partial charge in [-0.3, -0.25) is 4.79 Å². The van der Waals surface area contributed by atoms with Crippen LogP contribution in [0.1, 0.15) is 16.8 Å². The summed E-state index contributed by atoms with van der Waals surface area (Å²) in [5.74, 6) is -0.0604. The van der Waals surface area contributed by atoms with Crippen LogP contribution in [0.5, 0.6) is 5.75 Å². The first-order chi connectivity index (χ1) is 12.1. The average molecular weight is 347 g/mol. The fourth-order valence-electron chi connectivity index (χ4n) is 2.71. The molecule has 1 fully saturated rings. The molecule has 0 aromatic heterocycles. The smallest absolute Gasteiger partial charge is 0.387 e. The van der Waals surface area contributed by atoms with Gasteiger partial charge in [-0.05, 0) is 49.4 Å². The van der Waals surface area contributed by atoms with Crippen LogP contribution in [0.2, 0.25) is 0 Å². The second-order valence-corrected chi connectivity index (χ2v) is 5.74. The minimum Gasteiger partial charge on any atom is -0.435 e. The number of carbonyl (C=O) groups excluding carboxylic acids is 1. The molecule has 3 rings (SSSR count). The largest absolute Gasteiger partial charge is 0.435 e. The lowest BCUT2D eigenvalue weighted by atomic mass is 10.1. The lowest BCUT2D eigenvalue weighted by Gasteiger charge is -2.15. The van der Waals surface area contributed by atoms with Crippen molar-refractivity contribution in [3.8, 4) is 5.75 Å². The molecule has 1 aliphatic rings. The number of carbonyl (C=O) groups is 1. The third-order valence-electron chi connectivity index (χ3n) is 3.93. The Kier molecular flexibility index (Phi) is 5.45. The number of para-hydroxylation sites is 1. The van der Waals surface area contributed by atoms with Gasteiger partial charge < -0.3 is 20.7 Å². The first-order valence-corrected chi connectivity index (χ1v) is 8.04. The number of benzene rings is 2. The maximum absolute atomic E-state index is 12.5. The van der Waals surface area contributed by atoms with Gasteiger partial charge in [-0.15, -0.1) is 0 Å². The molecule has 2 aromatic rings. The van der Waals surface area contributed by atoms with Crippen molar-refractivity contribution in [2.24, 2.45) is 0 Å². The van der Waals surface area contributed by atoms with Crippen LogP contribution < -0.4 is 20.7 Å². The van der Waals surface area contributed by atoms with Crippen LogP contribution in [0, 0.1) is 0 Å². The van der Waals surface area contributed by atoms with Gasteiger partial charge in [0, 0.05) is 18.3 Å². The van der Waals surface area contributed by atoms with E-state index in [1.165, 1.54) is 12.1 Å². The standard InChI is InChI=1S/C18H19F2N3O2/c19-18(20)25-14-7-5-12(6-8-14)22-16-4-2-1-3-15(16)17(24)23-13-9-10-21-11-13/h1-8,13,18,21-22H,9-11H2,(H,23,24). The topological polar surface area (TPSA) is 62.4 Å². The highest BCUT2D eigenvalue weighted by atomic mass is 19.3. The molecule has 1 saturated heterocycles. The molecule has 1 aliphatic heterocycles. The van der Waals surface area contributed by atoms with Gasteiger partial charge >= 0.3 is 6.61 Å². The number of anilines is 2. The number of alkyl halides is 2. The number of ether oxygens (including phenoxy) is 1. The maximum atomic E-state index is 12.5. The molecule has 7 heteroatoms. The quantitative estimate of drug-likeness (QED) is 0.751. The molecule has 1 heterocycles. The average Bonchev–Trinajstić information content (AvgIpc) is 3.09. The SMILES string of the molecule is O=C(NC1CCNC1)c1ccccc1Nc1ccc(OC(F)F)cc1. The molecule has 3 N–H and O–H groups in total. The van der Waals surface area contributed by atoms with Crippen molar-refractivity contribution in [1.29, 1.82) is 0 Å². The molecule has 0 aliphatic carbocycles. The van der Waals surface area contributed by atoms with E-state index in [1.54, 1.807) is 30.3 Å². The Morgan fingerprint density at radius 3 is 2.60 bits per heavy atom. The van der Waals surface area contributed by atoms with Crippen LogP contribution in [0.3, 0.4) is 0 Å². The fourth-order valence-corrected chi connectivity index (χ4v) is 2.71. The summed E-state index contributed by atoms with van der Waals surface area (Å²) in [7, 11) is 0. The van der Waals surface area contributed by atoms with E-state index in [-0.39, 0.29) is 17.7 Å². The highest BCUT2D eigenvalue weighted by Gasteiger charge is 2.19. The molecular weight excluding hydrogens is 328 g/mol. The normalized spacial score (nSPS) is 16.7. The van der Waals surface area contributed by atoms with E-state index >= 15 is 0 Å². The second kappa shape index (κ2) is 7.94. The molecule has 1 unspecified atom stereocenters. The predicted molar refractivity (Wildman–Crippen MR) is 91.5 cm³/mol. The van der Waals surface area contributed by atoms with Crippen LogP contribution in [-0.4, -0.2) is 31.7 Å². The summed E-state index contributed by atoms with van der Waals surface area (Å²) >= 11 is 0. The summed E-state index contributed by atoms with van der Waals surface area (Å²) in [6, 6.07) is 13.4. The Bertz CT molecular complexity index is 717. The van der Waals surface area contributed by atoms with E-state index in [1.807, 2.05) is 6.07 Å². The van der Waals surface area contributed by atoms with Crippen LogP contribution in [0.25, 0.3) is 0 Å². The molecule has 5 nitrogen and oxygen atoms in total. The molecule has 25 heavy (non-hydrogen) atoms. The summed E-state index contributed by atoms with van der Waals surface area (Å²) in [5, 5.41) is 9.35. The van der Waals surface area contributed by atoms with E-state index < -0.39 is 6.61 Å². The van der Waals surface area contributed by atoms with E-state index in [4.69, 9.17) is 0 Å². The molecular formula is C18H19F2N3O2. The van der Waals surface area contributed by atoms with Gasteiger partial charge in [0.2, 0.25) is 0 Å². The van der Waals surface area contributed by atoms with E-state index in [0.29, 0.717) is 16.9 Å². The van der Waals surface area contributed by atoms with Crippen molar-refractivity contribution >= 4 is 17.3 Å². The molecule has 0 spiro atoms. The summed E-state index contributed by atoms with van der Waals surface area (Å²) < 4.78 is 28.7. The van der Waals surface area contributed by atoms with Gasteiger partial charge in [-0.1, -0.05) is 12.1 Å². The molecule has 2 aromatic carbocycles. The van der Waals surface area contributed by atoms with Crippen molar-refractivity contribution in [2.75, 3.05) is 18.4 Å². The summed E-state index contributed by atoms with van der Waals surface area (Å²) in [6.07, 6.45) is 0.910. The first-order valence-electron chi connectivity index (χ1n) is 8.04. The van der Waals surface area contributed by atoms with E-state index in [9.17, 15) is 13.6 Å². The second-order valence-electron chi connectivity index (χ2n) is 5.74. The third kappa shape index (κ3) is 4.67. The van der Waals surface area contributed by atoms with Gasteiger partial charge in [0.15, 0.2) is 0 Å². The van der Waals surface area contributed by atoms with Crippen molar-refractivity contribution < 1.29 is 18.3 Å². The Morgan fingerprint density at radius 1 is 1.16 bits per heavy atom. The highest BCUT2D eigenvalue weighted by Crippen LogP contribution is 2.24. The van der Waals surface area contributed by atoms with Gasteiger partial charge in [0.25, 0.3) is 5.91 Å². The van der Waals surface area contributed by atoms with Crippen LogP contribution in [-0.2, 0) is 0 Å². The lowest BCUT2D eigenvalue weighted by Crippen LogP contribution is -2.36.